The Morgan fingerprint density at radius 2 is 1.92 bits per heavy atom. The molecule has 1 amide bonds. The van der Waals surface area contributed by atoms with Crippen LogP contribution in [0, 0.1) is 0 Å². The topological polar surface area (TPSA) is 58.6 Å². The molecule has 1 aliphatic heterocycles. The zero-order valence-corrected chi connectivity index (χ0v) is 14.9. The highest BCUT2D eigenvalue weighted by Gasteiger charge is 2.29. The summed E-state index contributed by atoms with van der Waals surface area (Å²) in [6, 6.07) is 7.03. The zero-order valence-electron chi connectivity index (χ0n) is 14.9. The maximum absolute atomic E-state index is 12.2. The van der Waals surface area contributed by atoms with E-state index in [4.69, 9.17) is 4.74 Å². The van der Waals surface area contributed by atoms with Gasteiger partial charge in [0.1, 0.15) is 5.75 Å². The molecule has 5 heteroatoms. The van der Waals surface area contributed by atoms with Gasteiger partial charge in [-0.1, -0.05) is 12.1 Å². The summed E-state index contributed by atoms with van der Waals surface area (Å²) in [5.74, 6) is 0.541. The zero-order chi connectivity index (χ0) is 17.6. The van der Waals surface area contributed by atoms with Crippen molar-refractivity contribution in [1.29, 1.82) is 0 Å². The number of Topliss-reactive ketones (excluding diaryl/α,β-unsaturated/α-hetero) is 1. The first-order chi connectivity index (χ1) is 11.4. The minimum absolute atomic E-state index is 0.0387. The van der Waals surface area contributed by atoms with E-state index in [9.17, 15) is 9.59 Å². The molecule has 24 heavy (non-hydrogen) atoms. The van der Waals surface area contributed by atoms with Crippen molar-refractivity contribution in [3.8, 4) is 5.75 Å². The van der Waals surface area contributed by atoms with Gasteiger partial charge in [-0.25, -0.2) is 0 Å². The number of likely N-dealkylation sites (tertiary alicyclic amines) is 1. The second kappa shape index (κ2) is 8.29. The van der Waals surface area contributed by atoms with Gasteiger partial charge in [0.15, 0.2) is 5.78 Å². The second-order valence-corrected chi connectivity index (χ2v) is 6.94. The maximum Gasteiger partial charge on any atom is 0.220 e. The van der Waals surface area contributed by atoms with Crippen LogP contribution in [0.3, 0.4) is 0 Å². The summed E-state index contributed by atoms with van der Waals surface area (Å²) in [5.41, 5.74) is 0.544. The molecule has 0 aliphatic carbocycles. The second-order valence-electron chi connectivity index (χ2n) is 6.94. The third-order valence-corrected chi connectivity index (χ3v) is 4.65. The Kier molecular flexibility index (Phi) is 6.37. The van der Waals surface area contributed by atoms with Crippen molar-refractivity contribution in [3.63, 3.8) is 0 Å². The number of carbonyl (C=O) groups excluding carboxylic acids is 2. The largest absolute Gasteiger partial charge is 0.497 e. The Morgan fingerprint density at radius 1 is 1.21 bits per heavy atom. The molecule has 1 fully saturated rings. The van der Waals surface area contributed by atoms with Crippen molar-refractivity contribution in [1.82, 2.24) is 10.2 Å². The minimum Gasteiger partial charge on any atom is -0.497 e. The predicted octanol–water partition coefficient (Wildman–Crippen LogP) is 2.65. The highest BCUT2D eigenvalue weighted by Crippen LogP contribution is 2.20. The number of ketones is 1. The number of nitrogens with one attached hydrogen (secondary N) is 1. The number of rotatable bonds is 8. The highest BCUT2D eigenvalue weighted by molar-refractivity contribution is 5.98. The number of hydrogen-bond acceptors (Lipinski definition) is 4. The van der Waals surface area contributed by atoms with Crippen LogP contribution in [-0.4, -0.2) is 48.9 Å². The van der Waals surface area contributed by atoms with Gasteiger partial charge in [0, 0.05) is 30.5 Å². The number of hydrogen-bond donors (Lipinski definition) is 1. The summed E-state index contributed by atoms with van der Waals surface area (Å²) in [6.45, 7) is 7.10. The molecule has 0 atom stereocenters. The lowest BCUT2D eigenvalue weighted by molar-refractivity contribution is -0.121. The number of amides is 1. The first kappa shape index (κ1) is 18.5. The van der Waals surface area contributed by atoms with E-state index in [0.717, 1.165) is 13.1 Å². The van der Waals surface area contributed by atoms with Crippen LogP contribution < -0.4 is 10.1 Å². The van der Waals surface area contributed by atoms with Crippen LogP contribution in [0.15, 0.2) is 24.3 Å². The number of benzene rings is 1. The summed E-state index contributed by atoms with van der Waals surface area (Å²) in [4.78, 5) is 26.7. The molecule has 0 aromatic heterocycles. The molecule has 1 heterocycles. The van der Waals surface area contributed by atoms with Crippen LogP contribution in [0.4, 0.5) is 0 Å². The fourth-order valence-corrected chi connectivity index (χ4v) is 3.01. The Labute approximate surface area is 144 Å². The molecule has 2 rings (SSSR count). The summed E-state index contributed by atoms with van der Waals surface area (Å²) in [6.07, 6.45) is 2.88. The third-order valence-electron chi connectivity index (χ3n) is 4.65. The van der Waals surface area contributed by atoms with Gasteiger partial charge >= 0.3 is 0 Å². The van der Waals surface area contributed by atoms with E-state index in [1.54, 1.807) is 31.4 Å². The molecule has 0 bridgehead atoms. The summed E-state index contributed by atoms with van der Waals surface area (Å²) in [7, 11) is 1.57. The Morgan fingerprint density at radius 3 is 2.58 bits per heavy atom. The third kappa shape index (κ3) is 5.06. The van der Waals surface area contributed by atoms with Gasteiger partial charge in [-0.05, 0) is 51.9 Å². The van der Waals surface area contributed by atoms with Crippen molar-refractivity contribution in [2.24, 2.45) is 0 Å². The first-order valence-electron chi connectivity index (χ1n) is 8.61. The number of methoxy groups -OCH3 is 1. The van der Waals surface area contributed by atoms with Gasteiger partial charge in [0.2, 0.25) is 5.91 Å². The lowest BCUT2D eigenvalue weighted by Gasteiger charge is -2.35. The molecule has 1 N–H and O–H groups in total. The van der Waals surface area contributed by atoms with Crippen LogP contribution in [0.5, 0.6) is 5.75 Å². The van der Waals surface area contributed by atoms with E-state index >= 15 is 0 Å². The van der Waals surface area contributed by atoms with Gasteiger partial charge in [0.25, 0.3) is 0 Å². The highest BCUT2D eigenvalue weighted by atomic mass is 16.5. The molecule has 1 aliphatic rings. The average molecular weight is 332 g/mol. The van der Waals surface area contributed by atoms with Crippen LogP contribution in [0.2, 0.25) is 0 Å². The molecule has 132 valence electrons. The number of nitrogens with zero attached hydrogens (tertiary/aromatic N) is 1. The Bertz CT molecular complexity index is 578. The van der Waals surface area contributed by atoms with Crippen LogP contribution in [-0.2, 0) is 4.79 Å². The maximum atomic E-state index is 12.2. The molecule has 0 spiro atoms. The fraction of sp³-hybridized carbons (Fsp3) is 0.579. The SMILES string of the molecule is COc1cccc(C(=O)CCC(=O)NCC(C)(C)N2CCCC2)c1. The molecule has 1 saturated heterocycles. The van der Waals surface area contributed by atoms with Gasteiger partial charge < -0.3 is 10.1 Å². The summed E-state index contributed by atoms with van der Waals surface area (Å²) in [5, 5.41) is 2.97. The van der Waals surface area contributed by atoms with Gasteiger partial charge in [0.05, 0.1) is 7.11 Å². The van der Waals surface area contributed by atoms with Crippen LogP contribution in [0.1, 0.15) is 49.9 Å². The summed E-state index contributed by atoms with van der Waals surface area (Å²) >= 11 is 0. The normalized spacial score (nSPS) is 15.3. The predicted molar refractivity (Wildman–Crippen MR) is 94.5 cm³/mol. The fourth-order valence-electron chi connectivity index (χ4n) is 3.01. The number of ether oxygens (including phenoxy) is 1. The van der Waals surface area contributed by atoms with Crippen molar-refractivity contribution < 1.29 is 14.3 Å². The van der Waals surface area contributed by atoms with Crippen LogP contribution in [0.25, 0.3) is 0 Å². The molecule has 1 aromatic carbocycles. The molecular weight excluding hydrogens is 304 g/mol. The first-order valence-corrected chi connectivity index (χ1v) is 8.61. The lowest BCUT2D eigenvalue weighted by Crippen LogP contribution is -2.50. The van der Waals surface area contributed by atoms with E-state index in [1.807, 2.05) is 0 Å². The number of carbonyl (C=O) groups is 2. The molecular formula is C19H28N2O3. The molecule has 0 saturated carbocycles. The van der Waals surface area contributed by atoms with Crippen LogP contribution >= 0.6 is 0 Å². The quantitative estimate of drug-likeness (QED) is 0.744. The average Bonchev–Trinajstić information content (AvgIpc) is 3.13. The van der Waals surface area contributed by atoms with Gasteiger partial charge in [-0.15, -0.1) is 0 Å². The van der Waals surface area contributed by atoms with Crippen molar-refractivity contribution >= 4 is 11.7 Å². The smallest absolute Gasteiger partial charge is 0.220 e. The van der Waals surface area contributed by atoms with E-state index in [-0.39, 0.29) is 30.1 Å². The minimum atomic E-state index is -0.0708. The molecule has 5 nitrogen and oxygen atoms in total. The monoisotopic (exact) mass is 332 g/mol. The lowest BCUT2D eigenvalue weighted by atomic mass is 10.0. The molecule has 0 unspecified atom stereocenters. The van der Waals surface area contributed by atoms with E-state index < -0.39 is 0 Å². The molecule has 1 aromatic rings. The van der Waals surface area contributed by atoms with Crippen molar-refractivity contribution in [2.45, 2.75) is 45.1 Å². The van der Waals surface area contributed by atoms with E-state index in [0.29, 0.717) is 17.9 Å². The van der Waals surface area contributed by atoms with E-state index in [1.165, 1.54) is 12.8 Å². The Balaban J connectivity index is 1.77. The van der Waals surface area contributed by atoms with Crippen molar-refractivity contribution in [3.05, 3.63) is 29.8 Å². The van der Waals surface area contributed by atoms with E-state index in [2.05, 4.69) is 24.1 Å². The Hall–Kier alpha value is -1.88. The van der Waals surface area contributed by atoms with Gasteiger partial charge in [-0.3, -0.25) is 14.5 Å². The molecule has 0 radical (unpaired) electrons. The summed E-state index contributed by atoms with van der Waals surface area (Å²) < 4.78 is 5.12. The standard InChI is InChI=1S/C19H28N2O3/c1-19(2,21-11-4-5-12-21)14-20-18(23)10-9-17(22)15-7-6-8-16(13-15)24-3/h6-8,13H,4-5,9-12,14H2,1-3H3,(H,20,23). The van der Waals surface area contributed by atoms with Crippen molar-refractivity contribution in [2.75, 3.05) is 26.7 Å². The van der Waals surface area contributed by atoms with Gasteiger partial charge in [-0.2, -0.15) is 0 Å².